The van der Waals surface area contributed by atoms with Gasteiger partial charge in [0.05, 0.1) is 19.2 Å². The molecule has 0 aliphatic carbocycles. The highest BCUT2D eigenvalue weighted by atomic mass is 16.8. The number of carbonyl (C=O) groups excluding carboxylic acids is 1. The first kappa shape index (κ1) is 26.0. The third kappa shape index (κ3) is 6.57. The third-order valence-electron chi connectivity index (χ3n) is 6.27. The van der Waals surface area contributed by atoms with E-state index in [1.54, 1.807) is 24.3 Å². The highest BCUT2D eigenvalue weighted by Crippen LogP contribution is 2.43. The van der Waals surface area contributed by atoms with Crippen molar-refractivity contribution in [3.63, 3.8) is 0 Å². The minimum Gasteiger partial charge on any atom is -0.466 e. The molecule has 1 saturated heterocycles. The van der Waals surface area contributed by atoms with Gasteiger partial charge in [-0.15, -0.1) is 5.06 Å². The Labute approximate surface area is 212 Å². The molecule has 194 valence electrons. The average Bonchev–Trinajstić information content (AvgIpc) is 3.36. The highest BCUT2D eigenvalue weighted by molar-refractivity contribution is 5.89. The molecule has 0 saturated carbocycles. The molecule has 0 bridgehead atoms. The smallest absolute Gasteiger partial charge is 0.357 e. The van der Waals surface area contributed by atoms with Crippen molar-refractivity contribution in [2.24, 2.45) is 11.7 Å². The standard InChI is InChI=1S/C28H36N2O6/c1-28(2)34-24-23(33-27(32-3)25(24)35-28)17-21(13-10-16-29)19-30(18-20-11-6-4-7-12-20)36-26(31)22-14-8-5-9-15-22/h4-9,11-12,14-15,21,23-24H,10,13,16-19,29H2,1-3H3/t21-,23+,24?/m0/s1. The van der Waals surface area contributed by atoms with Crippen LogP contribution >= 0.6 is 0 Å². The number of ether oxygens (including phenoxy) is 4. The molecular weight excluding hydrogens is 460 g/mol. The number of methoxy groups -OCH3 is 1. The zero-order valence-corrected chi connectivity index (χ0v) is 21.2. The van der Waals surface area contributed by atoms with E-state index in [1.165, 1.54) is 0 Å². The Morgan fingerprint density at radius 1 is 1.11 bits per heavy atom. The van der Waals surface area contributed by atoms with Crippen molar-refractivity contribution < 1.29 is 28.6 Å². The van der Waals surface area contributed by atoms with Gasteiger partial charge < -0.3 is 29.5 Å². The summed E-state index contributed by atoms with van der Waals surface area (Å²) in [4.78, 5) is 18.8. The Balaban J connectivity index is 1.50. The van der Waals surface area contributed by atoms with Crippen molar-refractivity contribution in [2.75, 3.05) is 20.2 Å². The third-order valence-corrected chi connectivity index (χ3v) is 6.27. The molecule has 0 spiro atoms. The Bertz CT molecular complexity index is 1030. The van der Waals surface area contributed by atoms with E-state index >= 15 is 0 Å². The van der Waals surface area contributed by atoms with E-state index in [9.17, 15) is 4.79 Å². The zero-order valence-electron chi connectivity index (χ0n) is 21.2. The number of nitrogens with zero attached hydrogens (tertiary/aromatic N) is 1. The van der Waals surface area contributed by atoms with Crippen molar-refractivity contribution in [1.82, 2.24) is 5.06 Å². The topological polar surface area (TPSA) is 92.5 Å². The minimum absolute atomic E-state index is 0.121. The van der Waals surface area contributed by atoms with Gasteiger partial charge in [-0.1, -0.05) is 48.5 Å². The first-order valence-corrected chi connectivity index (χ1v) is 12.5. The predicted molar refractivity (Wildman–Crippen MR) is 134 cm³/mol. The molecule has 2 aromatic carbocycles. The summed E-state index contributed by atoms with van der Waals surface area (Å²) in [5.41, 5.74) is 7.41. The number of fused-ring (bicyclic) bond motifs is 1. The SMILES string of the molecule is COC1=C2OC(C)(C)OC2[C@@H](C[C@H](CCCN)CN(Cc2ccccc2)OC(=O)c2ccccc2)O1. The molecule has 2 heterocycles. The zero-order chi connectivity index (χ0) is 25.5. The van der Waals surface area contributed by atoms with Gasteiger partial charge in [0.1, 0.15) is 6.10 Å². The molecule has 2 aliphatic heterocycles. The van der Waals surface area contributed by atoms with E-state index in [-0.39, 0.29) is 24.1 Å². The lowest BCUT2D eigenvalue weighted by atomic mass is 9.93. The van der Waals surface area contributed by atoms with Gasteiger partial charge in [0.2, 0.25) is 11.5 Å². The van der Waals surface area contributed by atoms with Crippen LogP contribution in [0.3, 0.4) is 0 Å². The number of rotatable bonds is 12. The van der Waals surface area contributed by atoms with Crippen LogP contribution in [0, 0.1) is 5.92 Å². The Morgan fingerprint density at radius 3 is 2.47 bits per heavy atom. The van der Waals surface area contributed by atoms with Gasteiger partial charge in [-0.05, 0) is 49.4 Å². The summed E-state index contributed by atoms with van der Waals surface area (Å²) >= 11 is 0. The molecule has 36 heavy (non-hydrogen) atoms. The van der Waals surface area contributed by atoms with E-state index in [0.717, 1.165) is 18.4 Å². The lowest BCUT2D eigenvalue weighted by Crippen LogP contribution is -2.36. The molecule has 1 unspecified atom stereocenters. The van der Waals surface area contributed by atoms with E-state index in [0.29, 0.717) is 43.3 Å². The fourth-order valence-corrected chi connectivity index (χ4v) is 4.66. The quantitative estimate of drug-likeness (QED) is 0.433. The summed E-state index contributed by atoms with van der Waals surface area (Å²) in [5.74, 6) is -0.0495. The molecule has 2 aliphatic rings. The van der Waals surface area contributed by atoms with Gasteiger partial charge in [-0.25, -0.2) is 4.79 Å². The van der Waals surface area contributed by atoms with Crippen molar-refractivity contribution in [1.29, 1.82) is 0 Å². The van der Waals surface area contributed by atoms with Crippen LogP contribution < -0.4 is 5.73 Å². The number of hydroxylamine groups is 2. The first-order chi connectivity index (χ1) is 17.4. The molecule has 8 nitrogen and oxygen atoms in total. The van der Waals surface area contributed by atoms with Gasteiger partial charge in [0, 0.05) is 20.4 Å². The van der Waals surface area contributed by atoms with Crippen LogP contribution in [0.2, 0.25) is 0 Å². The Kier molecular flexibility index (Phi) is 8.51. The molecule has 2 N–H and O–H groups in total. The normalized spacial score (nSPS) is 21.0. The fourth-order valence-electron chi connectivity index (χ4n) is 4.66. The van der Waals surface area contributed by atoms with E-state index in [1.807, 2.05) is 62.4 Å². The van der Waals surface area contributed by atoms with Gasteiger partial charge in [-0.2, -0.15) is 0 Å². The molecule has 1 fully saturated rings. The minimum atomic E-state index is -0.747. The Morgan fingerprint density at radius 2 is 1.81 bits per heavy atom. The number of carbonyl (C=O) groups is 1. The molecule has 3 atom stereocenters. The number of nitrogens with two attached hydrogens (primary N) is 1. The summed E-state index contributed by atoms with van der Waals surface area (Å²) in [6, 6.07) is 19.0. The average molecular weight is 497 g/mol. The largest absolute Gasteiger partial charge is 0.466 e. The second kappa shape index (κ2) is 11.8. The molecular formula is C28H36N2O6. The Hall–Kier alpha value is -3.07. The van der Waals surface area contributed by atoms with Gasteiger partial charge >= 0.3 is 11.9 Å². The number of hydrogen-bond acceptors (Lipinski definition) is 8. The van der Waals surface area contributed by atoms with Crippen LogP contribution in [0.4, 0.5) is 0 Å². The van der Waals surface area contributed by atoms with Crippen LogP contribution in [-0.4, -0.2) is 49.2 Å². The summed E-state index contributed by atoms with van der Waals surface area (Å²) in [7, 11) is 1.56. The van der Waals surface area contributed by atoms with Crippen LogP contribution in [0.5, 0.6) is 0 Å². The van der Waals surface area contributed by atoms with Gasteiger partial charge in [0.15, 0.2) is 6.10 Å². The van der Waals surface area contributed by atoms with Gasteiger partial charge in [-0.3, -0.25) is 0 Å². The molecule has 2 aromatic rings. The maximum atomic E-state index is 12.9. The van der Waals surface area contributed by atoms with E-state index < -0.39 is 5.79 Å². The summed E-state index contributed by atoms with van der Waals surface area (Å²) in [6.07, 6.45) is 1.73. The molecule has 8 heteroatoms. The second-order valence-electron chi connectivity index (χ2n) is 9.64. The fraction of sp³-hybridized carbons (Fsp3) is 0.464. The van der Waals surface area contributed by atoms with E-state index in [4.69, 9.17) is 29.5 Å². The summed E-state index contributed by atoms with van der Waals surface area (Å²) in [5, 5.41) is 1.74. The highest BCUT2D eigenvalue weighted by Gasteiger charge is 2.51. The number of hydrogen-bond donors (Lipinski definition) is 1. The lowest BCUT2D eigenvalue weighted by Gasteiger charge is -2.29. The van der Waals surface area contributed by atoms with Crippen LogP contribution in [0.15, 0.2) is 72.4 Å². The molecule has 4 rings (SSSR count). The van der Waals surface area contributed by atoms with E-state index in [2.05, 4.69) is 0 Å². The monoisotopic (exact) mass is 496 g/mol. The van der Waals surface area contributed by atoms with Crippen LogP contribution in [-0.2, 0) is 30.3 Å². The molecule has 0 radical (unpaired) electrons. The molecule has 0 amide bonds. The molecule has 0 aromatic heterocycles. The van der Waals surface area contributed by atoms with Crippen molar-refractivity contribution in [3.05, 3.63) is 83.5 Å². The summed E-state index contributed by atoms with van der Waals surface area (Å²) < 4.78 is 23.6. The predicted octanol–water partition coefficient (Wildman–Crippen LogP) is 4.37. The maximum Gasteiger partial charge on any atom is 0.357 e. The lowest BCUT2D eigenvalue weighted by molar-refractivity contribution is -0.167. The maximum absolute atomic E-state index is 12.9. The van der Waals surface area contributed by atoms with Crippen molar-refractivity contribution in [3.8, 4) is 0 Å². The van der Waals surface area contributed by atoms with Crippen molar-refractivity contribution in [2.45, 2.75) is 57.6 Å². The summed E-state index contributed by atoms with van der Waals surface area (Å²) in [6.45, 7) is 5.31. The number of benzene rings is 2. The second-order valence-corrected chi connectivity index (χ2v) is 9.64. The van der Waals surface area contributed by atoms with Gasteiger partial charge in [0.25, 0.3) is 0 Å². The van der Waals surface area contributed by atoms with Crippen molar-refractivity contribution >= 4 is 5.97 Å². The first-order valence-electron chi connectivity index (χ1n) is 12.5. The van der Waals surface area contributed by atoms with Crippen LogP contribution in [0.25, 0.3) is 0 Å². The van der Waals surface area contributed by atoms with Crippen LogP contribution in [0.1, 0.15) is 49.0 Å².